The molecule has 2 nitrogen and oxygen atoms in total. The molecule has 0 aliphatic heterocycles. The molecule has 1 saturated carbocycles. The van der Waals surface area contributed by atoms with Crippen LogP contribution in [0.3, 0.4) is 0 Å². The third-order valence-electron chi connectivity index (χ3n) is 4.71. The fourth-order valence-corrected chi connectivity index (χ4v) is 3.18. The van der Waals surface area contributed by atoms with Crippen molar-refractivity contribution in [3.63, 3.8) is 0 Å². The van der Waals surface area contributed by atoms with Gasteiger partial charge in [0.05, 0.1) is 12.7 Å². The van der Waals surface area contributed by atoms with Crippen LogP contribution in [-0.4, -0.2) is 37.2 Å². The van der Waals surface area contributed by atoms with Crippen molar-refractivity contribution in [3.8, 4) is 0 Å². The van der Waals surface area contributed by atoms with Gasteiger partial charge in [0, 0.05) is 6.54 Å². The highest BCUT2D eigenvalue weighted by Gasteiger charge is 2.10. The van der Waals surface area contributed by atoms with E-state index in [2.05, 4.69) is 18.7 Å². The van der Waals surface area contributed by atoms with Gasteiger partial charge < -0.3 is 9.64 Å². The maximum absolute atomic E-state index is 6.18. The molecule has 120 valence electrons. The predicted molar refractivity (Wildman–Crippen MR) is 88.3 cm³/mol. The molecule has 1 rings (SSSR count). The number of nitrogens with zero attached hydrogens (tertiary/aromatic N) is 1. The first-order valence-electron chi connectivity index (χ1n) is 9.20. The summed E-state index contributed by atoms with van der Waals surface area (Å²) in [5.74, 6) is 0. The topological polar surface area (TPSA) is 12.5 Å². The maximum atomic E-state index is 6.18. The van der Waals surface area contributed by atoms with E-state index in [1.165, 1.54) is 70.6 Å². The van der Waals surface area contributed by atoms with Gasteiger partial charge in [0.15, 0.2) is 0 Å². The van der Waals surface area contributed by atoms with Crippen molar-refractivity contribution in [2.75, 3.05) is 26.2 Å². The Morgan fingerprint density at radius 3 is 1.65 bits per heavy atom. The molecule has 0 radical (unpaired) electrons. The SMILES string of the molecule is CCN(CC)CCOC1CCCCCCCCCCC1. The summed E-state index contributed by atoms with van der Waals surface area (Å²) in [6, 6.07) is 0. The second kappa shape index (κ2) is 12.6. The van der Waals surface area contributed by atoms with Crippen molar-refractivity contribution in [1.82, 2.24) is 4.90 Å². The molecule has 1 aliphatic carbocycles. The zero-order chi connectivity index (χ0) is 14.5. The van der Waals surface area contributed by atoms with E-state index in [4.69, 9.17) is 4.74 Å². The second-order valence-electron chi connectivity index (χ2n) is 6.28. The molecule has 0 aromatic rings. The number of hydrogen-bond donors (Lipinski definition) is 0. The van der Waals surface area contributed by atoms with Crippen LogP contribution in [0.5, 0.6) is 0 Å². The van der Waals surface area contributed by atoms with Crippen LogP contribution in [0.1, 0.15) is 84.5 Å². The van der Waals surface area contributed by atoms with Crippen LogP contribution in [0.4, 0.5) is 0 Å². The van der Waals surface area contributed by atoms with E-state index in [0.29, 0.717) is 6.10 Å². The van der Waals surface area contributed by atoms with Crippen molar-refractivity contribution in [2.24, 2.45) is 0 Å². The molecular formula is C18H37NO. The van der Waals surface area contributed by atoms with Crippen molar-refractivity contribution in [3.05, 3.63) is 0 Å². The minimum atomic E-state index is 0.532. The van der Waals surface area contributed by atoms with Gasteiger partial charge in [0.25, 0.3) is 0 Å². The average molecular weight is 283 g/mol. The molecule has 0 aromatic carbocycles. The van der Waals surface area contributed by atoms with Crippen molar-refractivity contribution < 1.29 is 4.74 Å². The lowest BCUT2D eigenvalue weighted by atomic mass is 9.99. The van der Waals surface area contributed by atoms with Gasteiger partial charge in [0.2, 0.25) is 0 Å². The van der Waals surface area contributed by atoms with Gasteiger partial charge in [-0.1, -0.05) is 71.6 Å². The summed E-state index contributed by atoms with van der Waals surface area (Å²) in [4.78, 5) is 2.45. The van der Waals surface area contributed by atoms with Crippen molar-refractivity contribution in [1.29, 1.82) is 0 Å². The summed E-state index contributed by atoms with van der Waals surface area (Å²) in [7, 11) is 0. The molecule has 0 N–H and O–H groups in total. The summed E-state index contributed by atoms with van der Waals surface area (Å²) in [5, 5.41) is 0. The Balaban J connectivity index is 2.20. The molecule has 0 unspecified atom stereocenters. The molecule has 0 aromatic heterocycles. The number of hydrogen-bond acceptors (Lipinski definition) is 2. The van der Waals surface area contributed by atoms with E-state index in [1.807, 2.05) is 0 Å². The van der Waals surface area contributed by atoms with Crippen LogP contribution < -0.4 is 0 Å². The summed E-state index contributed by atoms with van der Waals surface area (Å²) in [6.45, 7) is 8.78. The standard InChI is InChI=1S/C18H37NO/c1-3-19(4-2)16-17-20-18-14-12-10-8-6-5-7-9-11-13-15-18/h18H,3-17H2,1-2H3. The molecule has 20 heavy (non-hydrogen) atoms. The van der Waals surface area contributed by atoms with Crippen LogP contribution in [0.25, 0.3) is 0 Å². The molecule has 0 saturated heterocycles. The number of likely N-dealkylation sites (N-methyl/N-ethyl adjacent to an activating group) is 1. The van der Waals surface area contributed by atoms with Gasteiger partial charge in [-0.3, -0.25) is 0 Å². The number of rotatable bonds is 6. The van der Waals surface area contributed by atoms with Crippen molar-refractivity contribution in [2.45, 2.75) is 90.6 Å². The van der Waals surface area contributed by atoms with E-state index in [-0.39, 0.29) is 0 Å². The zero-order valence-corrected chi connectivity index (χ0v) is 14.0. The first-order chi connectivity index (χ1) is 9.86. The third kappa shape index (κ3) is 8.97. The van der Waals surface area contributed by atoms with E-state index in [1.54, 1.807) is 0 Å². The van der Waals surface area contributed by atoms with Gasteiger partial charge in [0.1, 0.15) is 0 Å². The lowest BCUT2D eigenvalue weighted by Crippen LogP contribution is -2.28. The smallest absolute Gasteiger partial charge is 0.0597 e. The summed E-state index contributed by atoms with van der Waals surface area (Å²) >= 11 is 0. The third-order valence-corrected chi connectivity index (χ3v) is 4.71. The van der Waals surface area contributed by atoms with E-state index >= 15 is 0 Å². The molecule has 1 fully saturated rings. The van der Waals surface area contributed by atoms with Gasteiger partial charge in [-0.15, -0.1) is 0 Å². The van der Waals surface area contributed by atoms with Gasteiger partial charge in [-0.2, -0.15) is 0 Å². The average Bonchev–Trinajstić information content (AvgIpc) is 2.46. The van der Waals surface area contributed by atoms with E-state index in [9.17, 15) is 0 Å². The normalized spacial score (nSPS) is 20.6. The molecule has 0 bridgehead atoms. The summed E-state index contributed by atoms with van der Waals surface area (Å²) in [6.07, 6.45) is 15.9. The van der Waals surface area contributed by atoms with E-state index < -0.39 is 0 Å². The Morgan fingerprint density at radius 2 is 1.20 bits per heavy atom. The Hall–Kier alpha value is -0.0800. The van der Waals surface area contributed by atoms with Crippen LogP contribution in [-0.2, 0) is 4.74 Å². The maximum Gasteiger partial charge on any atom is 0.0597 e. The van der Waals surface area contributed by atoms with Crippen molar-refractivity contribution >= 4 is 0 Å². The molecule has 0 amide bonds. The molecular weight excluding hydrogens is 246 g/mol. The lowest BCUT2D eigenvalue weighted by molar-refractivity contribution is 0.0257. The second-order valence-corrected chi connectivity index (χ2v) is 6.28. The van der Waals surface area contributed by atoms with Crippen LogP contribution in [0, 0.1) is 0 Å². The Morgan fingerprint density at radius 1 is 0.750 bits per heavy atom. The van der Waals surface area contributed by atoms with Crippen LogP contribution in [0.15, 0.2) is 0 Å². The van der Waals surface area contributed by atoms with Crippen LogP contribution >= 0.6 is 0 Å². The van der Waals surface area contributed by atoms with E-state index in [0.717, 1.165) is 26.2 Å². The first kappa shape index (κ1) is 18.0. The summed E-state index contributed by atoms with van der Waals surface area (Å²) in [5.41, 5.74) is 0. The zero-order valence-electron chi connectivity index (χ0n) is 14.0. The van der Waals surface area contributed by atoms with Gasteiger partial charge >= 0.3 is 0 Å². The Kier molecular flexibility index (Phi) is 11.4. The minimum Gasteiger partial charge on any atom is -0.377 e. The highest BCUT2D eigenvalue weighted by molar-refractivity contribution is 4.62. The molecule has 1 aliphatic rings. The lowest BCUT2D eigenvalue weighted by Gasteiger charge is -2.22. The monoisotopic (exact) mass is 283 g/mol. The number of ether oxygens (including phenoxy) is 1. The minimum absolute atomic E-state index is 0.532. The molecule has 2 heteroatoms. The predicted octanol–water partition coefficient (Wildman–Crippen LogP) is 5.02. The fourth-order valence-electron chi connectivity index (χ4n) is 3.18. The Labute approximate surface area is 127 Å². The fraction of sp³-hybridized carbons (Fsp3) is 1.00. The largest absolute Gasteiger partial charge is 0.377 e. The molecule has 0 atom stereocenters. The van der Waals surface area contributed by atoms with Crippen LogP contribution in [0.2, 0.25) is 0 Å². The highest BCUT2D eigenvalue weighted by atomic mass is 16.5. The first-order valence-corrected chi connectivity index (χ1v) is 9.20. The van der Waals surface area contributed by atoms with Gasteiger partial charge in [-0.05, 0) is 25.9 Å². The highest BCUT2D eigenvalue weighted by Crippen LogP contribution is 2.18. The molecule has 0 spiro atoms. The quantitative estimate of drug-likeness (QED) is 0.679. The molecule has 0 heterocycles. The summed E-state index contributed by atoms with van der Waals surface area (Å²) < 4.78 is 6.18. The van der Waals surface area contributed by atoms with Gasteiger partial charge in [-0.25, -0.2) is 0 Å². The Bertz CT molecular complexity index is 192.